The minimum absolute atomic E-state index is 0.177. The summed E-state index contributed by atoms with van der Waals surface area (Å²) in [6, 6.07) is 7.59. The van der Waals surface area contributed by atoms with E-state index in [1.165, 1.54) is 0 Å². The fraction of sp³-hybridized carbons (Fsp3) is 0.550. The van der Waals surface area contributed by atoms with Crippen molar-refractivity contribution in [3.63, 3.8) is 0 Å². The highest BCUT2D eigenvalue weighted by molar-refractivity contribution is 6.30. The molecule has 6 nitrogen and oxygen atoms in total. The van der Waals surface area contributed by atoms with Gasteiger partial charge in [-0.05, 0) is 44.4 Å². The fourth-order valence-electron chi connectivity index (χ4n) is 4.14. The Labute approximate surface area is 164 Å². The molecule has 2 aromatic rings. The average molecular weight is 388 g/mol. The van der Waals surface area contributed by atoms with E-state index in [2.05, 4.69) is 20.1 Å². The number of carbonyl (C=O) groups excluding carboxylic acids is 1. The summed E-state index contributed by atoms with van der Waals surface area (Å²) in [6.45, 7) is 8.20. The molecular formula is C20H26ClN5O. The molecule has 1 fully saturated rings. The number of aromatic nitrogens is 3. The van der Waals surface area contributed by atoms with E-state index in [9.17, 15) is 4.79 Å². The van der Waals surface area contributed by atoms with Crippen LogP contribution in [0.4, 0.5) is 0 Å². The van der Waals surface area contributed by atoms with Crippen molar-refractivity contribution in [1.29, 1.82) is 0 Å². The van der Waals surface area contributed by atoms with Gasteiger partial charge in [0.1, 0.15) is 11.6 Å². The van der Waals surface area contributed by atoms with Crippen LogP contribution in [-0.2, 0) is 23.3 Å². The van der Waals surface area contributed by atoms with E-state index in [0.717, 1.165) is 62.8 Å². The Balaban J connectivity index is 1.43. The molecular weight excluding hydrogens is 362 g/mol. The molecule has 27 heavy (non-hydrogen) atoms. The van der Waals surface area contributed by atoms with Gasteiger partial charge < -0.3 is 14.8 Å². The maximum Gasteiger partial charge on any atom is 0.232 e. The maximum atomic E-state index is 13.2. The Morgan fingerprint density at radius 2 is 1.85 bits per heavy atom. The Morgan fingerprint density at radius 1 is 1.15 bits per heavy atom. The van der Waals surface area contributed by atoms with Crippen LogP contribution in [0.15, 0.2) is 24.3 Å². The molecule has 7 heteroatoms. The number of piperidine rings is 1. The van der Waals surface area contributed by atoms with Crippen LogP contribution < -0.4 is 5.32 Å². The first kappa shape index (κ1) is 18.4. The van der Waals surface area contributed by atoms with Gasteiger partial charge in [0.25, 0.3) is 0 Å². The van der Waals surface area contributed by atoms with Crippen LogP contribution in [0, 0.1) is 0 Å². The summed E-state index contributed by atoms with van der Waals surface area (Å²) in [5.41, 5.74) is 0.440. The number of amides is 1. The molecule has 144 valence electrons. The quantitative estimate of drug-likeness (QED) is 0.879. The Kier molecular flexibility index (Phi) is 4.95. The van der Waals surface area contributed by atoms with Gasteiger partial charge in [-0.3, -0.25) is 4.79 Å². The van der Waals surface area contributed by atoms with E-state index in [1.807, 2.05) is 43.0 Å². The van der Waals surface area contributed by atoms with E-state index in [-0.39, 0.29) is 5.91 Å². The lowest BCUT2D eigenvalue weighted by Crippen LogP contribution is -2.47. The molecule has 0 saturated carbocycles. The van der Waals surface area contributed by atoms with E-state index >= 15 is 0 Å². The number of halogens is 1. The van der Waals surface area contributed by atoms with Gasteiger partial charge >= 0.3 is 0 Å². The molecule has 0 spiro atoms. The van der Waals surface area contributed by atoms with Gasteiger partial charge in [0.05, 0.1) is 12.0 Å². The van der Waals surface area contributed by atoms with Crippen LogP contribution in [0.25, 0.3) is 0 Å². The van der Waals surface area contributed by atoms with Crippen molar-refractivity contribution in [2.75, 3.05) is 19.6 Å². The van der Waals surface area contributed by atoms with E-state index in [4.69, 9.17) is 11.6 Å². The molecule has 0 aliphatic carbocycles. The van der Waals surface area contributed by atoms with Crippen molar-refractivity contribution in [3.8, 4) is 0 Å². The summed E-state index contributed by atoms with van der Waals surface area (Å²) in [5, 5.41) is 12.8. The molecule has 2 aliphatic rings. The summed E-state index contributed by atoms with van der Waals surface area (Å²) in [7, 11) is 0. The standard InChI is InChI=1S/C20H26ClN5O/c1-20(2,15-3-5-16(21)6-4-15)19(27)25-10-7-14(8-11-25)18-24-23-17-13-22-9-12-26(17)18/h3-6,14,22H,7-13H2,1-2H3. The number of fused-ring (bicyclic) bond motifs is 1. The largest absolute Gasteiger partial charge is 0.342 e. The van der Waals surface area contributed by atoms with Gasteiger partial charge in [-0.15, -0.1) is 10.2 Å². The van der Waals surface area contributed by atoms with Crippen LogP contribution in [-0.4, -0.2) is 45.2 Å². The molecule has 1 N–H and O–H groups in total. The van der Waals surface area contributed by atoms with Crippen molar-refractivity contribution < 1.29 is 4.79 Å². The topological polar surface area (TPSA) is 63.1 Å². The van der Waals surface area contributed by atoms with Gasteiger partial charge in [-0.25, -0.2) is 0 Å². The first-order valence-electron chi connectivity index (χ1n) is 9.65. The molecule has 4 rings (SSSR count). The SMILES string of the molecule is CC(C)(C(=O)N1CCC(c2nnc3n2CCNC3)CC1)c1ccc(Cl)cc1. The molecule has 1 saturated heterocycles. The first-order valence-corrected chi connectivity index (χ1v) is 10.0. The second kappa shape index (κ2) is 7.24. The van der Waals surface area contributed by atoms with E-state index in [1.54, 1.807) is 0 Å². The van der Waals surface area contributed by atoms with Gasteiger partial charge in [-0.2, -0.15) is 0 Å². The van der Waals surface area contributed by atoms with Crippen LogP contribution >= 0.6 is 11.6 Å². The van der Waals surface area contributed by atoms with Crippen LogP contribution in [0.2, 0.25) is 5.02 Å². The highest BCUT2D eigenvalue weighted by Crippen LogP contribution is 2.32. The Bertz CT molecular complexity index is 821. The van der Waals surface area contributed by atoms with Crippen LogP contribution in [0.5, 0.6) is 0 Å². The van der Waals surface area contributed by atoms with Crippen LogP contribution in [0.3, 0.4) is 0 Å². The second-order valence-electron chi connectivity index (χ2n) is 8.00. The third-order valence-corrected chi connectivity index (χ3v) is 6.15. The molecule has 3 heterocycles. The minimum Gasteiger partial charge on any atom is -0.342 e. The fourth-order valence-corrected chi connectivity index (χ4v) is 4.27. The molecule has 1 aromatic heterocycles. The molecule has 0 atom stereocenters. The Hall–Kier alpha value is -1.92. The zero-order valence-corrected chi connectivity index (χ0v) is 16.7. The summed E-state index contributed by atoms with van der Waals surface area (Å²) in [6.07, 6.45) is 1.88. The third-order valence-electron chi connectivity index (χ3n) is 5.90. The molecule has 0 bridgehead atoms. The number of benzene rings is 1. The van der Waals surface area contributed by atoms with Crippen molar-refractivity contribution in [2.45, 2.75) is 51.1 Å². The van der Waals surface area contributed by atoms with Crippen molar-refractivity contribution in [2.24, 2.45) is 0 Å². The lowest BCUT2D eigenvalue weighted by Gasteiger charge is -2.37. The summed E-state index contributed by atoms with van der Waals surface area (Å²) in [5.74, 6) is 2.68. The zero-order chi connectivity index (χ0) is 19.0. The van der Waals surface area contributed by atoms with Gasteiger partial charge in [0, 0.05) is 37.1 Å². The van der Waals surface area contributed by atoms with Gasteiger partial charge in [0.2, 0.25) is 5.91 Å². The minimum atomic E-state index is -0.558. The zero-order valence-electron chi connectivity index (χ0n) is 15.9. The highest BCUT2D eigenvalue weighted by atomic mass is 35.5. The van der Waals surface area contributed by atoms with Crippen molar-refractivity contribution >= 4 is 17.5 Å². The highest BCUT2D eigenvalue weighted by Gasteiger charge is 2.36. The molecule has 2 aliphatic heterocycles. The van der Waals surface area contributed by atoms with Crippen molar-refractivity contribution in [1.82, 2.24) is 25.0 Å². The number of likely N-dealkylation sites (tertiary alicyclic amines) is 1. The van der Waals surface area contributed by atoms with E-state index in [0.29, 0.717) is 10.9 Å². The smallest absolute Gasteiger partial charge is 0.232 e. The first-order chi connectivity index (χ1) is 13.0. The van der Waals surface area contributed by atoms with Gasteiger partial charge in [0.15, 0.2) is 0 Å². The number of hydrogen-bond donors (Lipinski definition) is 1. The Morgan fingerprint density at radius 3 is 2.56 bits per heavy atom. The molecule has 0 radical (unpaired) electrons. The number of nitrogens with one attached hydrogen (secondary N) is 1. The summed E-state index contributed by atoms with van der Waals surface area (Å²) in [4.78, 5) is 15.2. The molecule has 1 amide bonds. The second-order valence-corrected chi connectivity index (χ2v) is 8.44. The number of rotatable bonds is 3. The number of carbonyl (C=O) groups is 1. The average Bonchev–Trinajstić information content (AvgIpc) is 3.12. The molecule has 1 aromatic carbocycles. The lowest BCUT2D eigenvalue weighted by atomic mass is 9.82. The van der Waals surface area contributed by atoms with Crippen molar-refractivity contribution in [3.05, 3.63) is 46.5 Å². The number of hydrogen-bond acceptors (Lipinski definition) is 4. The molecule has 0 unspecified atom stereocenters. The van der Waals surface area contributed by atoms with E-state index < -0.39 is 5.41 Å². The van der Waals surface area contributed by atoms with Crippen LogP contribution in [0.1, 0.15) is 49.8 Å². The summed E-state index contributed by atoms with van der Waals surface area (Å²) >= 11 is 5.99. The normalized spacial score (nSPS) is 18.4. The lowest BCUT2D eigenvalue weighted by molar-refractivity contribution is -0.137. The number of nitrogens with zero attached hydrogens (tertiary/aromatic N) is 4. The maximum absolute atomic E-state index is 13.2. The van der Waals surface area contributed by atoms with Gasteiger partial charge in [-0.1, -0.05) is 23.7 Å². The monoisotopic (exact) mass is 387 g/mol. The predicted octanol–water partition coefficient (Wildman–Crippen LogP) is 2.72. The summed E-state index contributed by atoms with van der Waals surface area (Å²) < 4.78 is 2.26. The third kappa shape index (κ3) is 3.48. The predicted molar refractivity (Wildman–Crippen MR) is 105 cm³/mol.